The number of hydrogen-bond donors (Lipinski definition) is 3. The van der Waals surface area contributed by atoms with Crippen molar-refractivity contribution in [3.63, 3.8) is 0 Å². The topological polar surface area (TPSA) is 251 Å². The van der Waals surface area contributed by atoms with Crippen molar-refractivity contribution in [3.8, 4) is 5.75 Å². The number of aliphatic carboxylic acids is 2. The first-order chi connectivity index (χ1) is 45.1. The van der Waals surface area contributed by atoms with E-state index in [0.717, 1.165) is 5.56 Å². The zero-order valence-corrected chi connectivity index (χ0v) is 54.5. The van der Waals surface area contributed by atoms with E-state index >= 15 is 19.2 Å². The minimum absolute atomic E-state index is 0.00255. The summed E-state index contributed by atoms with van der Waals surface area (Å²) in [5, 5.41) is 26.6. The largest absolute Gasteiger partial charge is 0.481 e. The Bertz CT molecular complexity index is 3600. The van der Waals surface area contributed by atoms with E-state index in [9.17, 15) is 39.0 Å². The number of esters is 3. The van der Waals surface area contributed by atoms with E-state index in [-0.39, 0.29) is 49.4 Å². The lowest BCUT2D eigenvalue weighted by Crippen LogP contribution is -2.44. The molecule has 0 radical (unpaired) electrons. The van der Waals surface area contributed by atoms with Crippen LogP contribution in [0.5, 0.6) is 5.75 Å². The van der Waals surface area contributed by atoms with Gasteiger partial charge in [-0.05, 0) is 157 Å². The number of aryl methyl sites for hydroxylation is 1. The van der Waals surface area contributed by atoms with Crippen molar-refractivity contribution in [2.45, 2.75) is 89.4 Å². The maximum Gasteiger partial charge on any atom is 0.318 e. The van der Waals surface area contributed by atoms with E-state index in [0.29, 0.717) is 53.7 Å². The van der Waals surface area contributed by atoms with Crippen LogP contribution in [0.1, 0.15) is 131 Å². The van der Waals surface area contributed by atoms with Gasteiger partial charge in [-0.25, -0.2) is 0 Å². The van der Waals surface area contributed by atoms with E-state index in [4.69, 9.17) is 9.47 Å². The van der Waals surface area contributed by atoms with Crippen LogP contribution in [0.2, 0.25) is 0 Å². The number of rotatable bonds is 34. The smallest absolute Gasteiger partial charge is 0.318 e. The Balaban J connectivity index is 1.25. The number of amides is 3. The van der Waals surface area contributed by atoms with E-state index in [1.807, 2.05) is 51.8 Å². The summed E-state index contributed by atoms with van der Waals surface area (Å²) in [6.07, 6.45) is -0.359. The van der Waals surface area contributed by atoms with Crippen LogP contribution < -0.4 is 10.1 Å². The number of carbonyl (C=O) groups is 10. The predicted molar refractivity (Wildman–Crippen MR) is 353 cm³/mol. The highest BCUT2D eigenvalue weighted by molar-refractivity contribution is 6.13. The molecule has 2 aliphatic rings. The van der Waals surface area contributed by atoms with E-state index in [1.165, 1.54) is 29.2 Å². The second kappa shape index (κ2) is 33.0. The van der Waals surface area contributed by atoms with Gasteiger partial charge in [0, 0.05) is 24.2 Å². The molecule has 12 atom stereocenters. The molecule has 2 aliphatic heterocycles. The minimum atomic E-state index is -1.61. The fourth-order valence-electron chi connectivity index (χ4n) is 14.0. The molecule has 0 spiro atoms. The van der Waals surface area contributed by atoms with Gasteiger partial charge in [0.2, 0.25) is 17.7 Å². The molecule has 494 valence electrons. The van der Waals surface area contributed by atoms with Crippen LogP contribution >= 0.6 is 0 Å². The SMILES string of the molecule is CCC(c1ccccc1)C(C(=O)Oc1ccc(C(=O)CC(=O)c2ccc(C)cc2)cc1)C(CC(c1ccccc1)C1C(=O)N(CCCN(C)C)C(=O)C1CC(c1ccccc1)C(C(=O)NCCCN(C)C)C(CC(c1ccccc1)C1C(=O)OC(=O)C1C)C(=O)O)C(=O)O. The summed E-state index contributed by atoms with van der Waals surface area (Å²) in [5.41, 5.74) is 3.64. The standard InChI is InChI=1S/C76H86N4O14/c1-8-56(49-23-13-9-14-24-49)68(76(92)93-55-37-35-54(36-38-55)64(82)46-63(81)53-33-31-47(2)32-34-53)62(73(88)89)45-59(52-29-19-12-20-30-52)67-60(70(84)80(71(67)85)42-22-41-79(6)7)43-58(51-27-17-11-18-28-51)66(69(83)77-39-21-40-78(4)5)61(72(86)87)44-57(50-25-15-10-16-26-50)65-48(3)74(90)94-75(65)91/h9-20,23-38,48,56-62,65-68H,8,21-22,39-46H2,1-7H3,(H,77,83)(H,86,87)(H,88,89). The molecule has 18 heteroatoms. The third kappa shape index (κ3) is 17.5. The Morgan fingerprint density at radius 3 is 1.49 bits per heavy atom. The van der Waals surface area contributed by atoms with Gasteiger partial charge < -0.3 is 34.8 Å². The predicted octanol–water partition coefficient (Wildman–Crippen LogP) is 10.7. The van der Waals surface area contributed by atoms with Crippen molar-refractivity contribution < 1.29 is 67.6 Å². The van der Waals surface area contributed by atoms with Crippen LogP contribution in [0.3, 0.4) is 0 Å². The quantitative estimate of drug-likeness (QED) is 0.00848. The van der Waals surface area contributed by atoms with Crippen LogP contribution in [0.4, 0.5) is 0 Å². The van der Waals surface area contributed by atoms with Crippen molar-refractivity contribution in [1.29, 1.82) is 0 Å². The summed E-state index contributed by atoms with van der Waals surface area (Å²) in [6, 6.07) is 47.6. The first-order valence-electron chi connectivity index (χ1n) is 32.4. The highest BCUT2D eigenvalue weighted by atomic mass is 16.6. The summed E-state index contributed by atoms with van der Waals surface area (Å²) >= 11 is 0. The molecule has 0 saturated carbocycles. The van der Waals surface area contributed by atoms with Gasteiger partial charge in [-0.3, -0.25) is 52.8 Å². The van der Waals surface area contributed by atoms with Crippen molar-refractivity contribution in [3.05, 3.63) is 209 Å². The second-order valence-electron chi connectivity index (χ2n) is 25.6. The number of Topliss-reactive ketones (excluding diaryl/α,β-unsaturated/α-hetero) is 2. The Morgan fingerprint density at radius 2 is 1.02 bits per heavy atom. The molecular weight excluding hydrogens is 1190 g/mol. The summed E-state index contributed by atoms with van der Waals surface area (Å²) in [5.74, 6) is -23.0. The van der Waals surface area contributed by atoms with E-state index < -0.39 is 137 Å². The van der Waals surface area contributed by atoms with Crippen LogP contribution in [0.15, 0.2) is 170 Å². The molecule has 6 aromatic rings. The molecule has 0 bridgehead atoms. The van der Waals surface area contributed by atoms with Gasteiger partial charge in [0.25, 0.3) is 0 Å². The number of ketones is 2. The van der Waals surface area contributed by atoms with Crippen molar-refractivity contribution in [2.75, 3.05) is 54.4 Å². The fourth-order valence-corrected chi connectivity index (χ4v) is 14.0. The molecule has 2 fully saturated rings. The summed E-state index contributed by atoms with van der Waals surface area (Å²) in [6.45, 7) is 6.42. The Morgan fingerprint density at radius 1 is 0.564 bits per heavy atom. The molecule has 6 aromatic carbocycles. The molecule has 8 rings (SSSR count). The number of nitrogens with one attached hydrogen (secondary N) is 1. The Labute approximate surface area is 550 Å². The Hall–Kier alpha value is -9.26. The molecular formula is C76H86N4O14. The highest BCUT2D eigenvalue weighted by Crippen LogP contribution is 2.51. The van der Waals surface area contributed by atoms with Crippen LogP contribution in [-0.4, -0.2) is 138 Å². The third-order valence-corrected chi connectivity index (χ3v) is 18.8. The average Bonchev–Trinajstić information content (AvgIpc) is 1.58. The third-order valence-electron chi connectivity index (χ3n) is 18.8. The first kappa shape index (κ1) is 70.6. The molecule has 0 aliphatic carbocycles. The number of cyclic esters (lactones) is 2. The van der Waals surface area contributed by atoms with Crippen molar-refractivity contribution >= 4 is 59.1 Å². The second-order valence-corrected chi connectivity index (χ2v) is 25.6. The maximum atomic E-state index is 15.9. The summed E-state index contributed by atoms with van der Waals surface area (Å²) < 4.78 is 11.3. The van der Waals surface area contributed by atoms with Crippen LogP contribution in [0.25, 0.3) is 0 Å². The number of likely N-dealkylation sites (tertiary alicyclic amines) is 1. The summed E-state index contributed by atoms with van der Waals surface area (Å²) in [7, 11) is 7.48. The Kier molecular flexibility index (Phi) is 24.8. The van der Waals surface area contributed by atoms with Gasteiger partial charge in [0.05, 0.1) is 53.8 Å². The monoisotopic (exact) mass is 1280 g/mol. The molecule has 0 aromatic heterocycles. The lowest BCUT2D eigenvalue weighted by molar-refractivity contribution is -0.154. The van der Waals surface area contributed by atoms with Gasteiger partial charge in [-0.2, -0.15) is 0 Å². The molecule has 94 heavy (non-hydrogen) atoms. The van der Waals surface area contributed by atoms with Gasteiger partial charge in [0.1, 0.15) is 5.75 Å². The molecule has 2 saturated heterocycles. The lowest BCUT2D eigenvalue weighted by Gasteiger charge is -2.37. The van der Waals surface area contributed by atoms with Gasteiger partial charge in [-0.1, -0.05) is 165 Å². The van der Waals surface area contributed by atoms with E-state index in [2.05, 4.69) is 5.32 Å². The molecule has 3 amide bonds. The normalized spacial score (nSPS) is 19.0. The van der Waals surface area contributed by atoms with Crippen LogP contribution in [-0.2, 0) is 43.1 Å². The van der Waals surface area contributed by atoms with Gasteiger partial charge in [0.15, 0.2) is 11.6 Å². The zero-order valence-electron chi connectivity index (χ0n) is 54.5. The fraction of sp³-hybridized carbons (Fsp3) is 0.395. The number of carbonyl (C=O) groups excluding carboxylic acids is 8. The maximum absolute atomic E-state index is 15.9. The number of hydrogen-bond acceptors (Lipinski definition) is 14. The number of carboxylic acids is 2. The first-order valence-corrected chi connectivity index (χ1v) is 32.4. The van der Waals surface area contributed by atoms with Gasteiger partial charge >= 0.3 is 29.8 Å². The highest BCUT2D eigenvalue weighted by Gasteiger charge is 2.56. The lowest BCUT2D eigenvalue weighted by atomic mass is 9.64. The van der Waals surface area contributed by atoms with Crippen molar-refractivity contribution in [2.24, 2.45) is 47.3 Å². The number of nitrogens with zero attached hydrogens (tertiary/aromatic N) is 3. The molecule has 18 nitrogen and oxygen atoms in total. The van der Waals surface area contributed by atoms with E-state index in [1.54, 1.807) is 153 Å². The van der Waals surface area contributed by atoms with Gasteiger partial charge in [-0.15, -0.1) is 0 Å². The summed E-state index contributed by atoms with van der Waals surface area (Å²) in [4.78, 5) is 150. The molecule has 12 unspecified atom stereocenters. The van der Waals surface area contributed by atoms with Crippen molar-refractivity contribution in [1.82, 2.24) is 20.0 Å². The number of benzene rings is 6. The number of ether oxygens (including phenoxy) is 2. The minimum Gasteiger partial charge on any atom is -0.481 e. The molecule has 2 heterocycles. The number of imide groups is 1. The number of carboxylic acid groups (broad SMARTS) is 2. The van der Waals surface area contributed by atoms with Crippen LogP contribution in [0, 0.1) is 54.3 Å². The zero-order chi connectivity index (χ0) is 67.8. The average molecular weight is 1280 g/mol. The molecule has 3 N–H and O–H groups in total.